The van der Waals surface area contributed by atoms with E-state index in [4.69, 9.17) is 4.74 Å². The largest absolute Gasteiger partial charge is 0.497 e. The number of hydrogen-bond acceptors (Lipinski definition) is 4. The molecule has 0 saturated carbocycles. The fourth-order valence-corrected chi connectivity index (χ4v) is 3.39. The molecular formula is C17H21NO4S. The first-order valence-corrected chi connectivity index (χ1v) is 8.83. The first-order chi connectivity index (χ1) is 10.9. The quantitative estimate of drug-likeness (QED) is 0.842. The Morgan fingerprint density at radius 1 is 1.09 bits per heavy atom. The van der Waals surface area contributed by atoms with Crippen molar-refractivity contribution in [2.24, 2.45) is 0 Å². The summed E-state index contributed by atoms with van der Waals surface area (Å²) in [5, 5.41) is 10.2. The van der Waals surface area contributed by atoms with E-state index in [1.54, 1.807) is 55.6 Å². The molecule has 0 aliphatic carbocycles. The molecule has 1 atom stereocenters. The van der Waals surface area contributed by atoms with E-state index in [1.807, 2.05) is 6.07 Å². The van der Waals surface area contributed by atoms with Crippen molar-refractivity contribution in [2.75, 3.05) is 20.7 Å². The third-order valence-corrected chi connectivity index (χ3v) is 5.39. The van der Waals surface area contributed by atoms with Crippen molar-refractivity contribution >= 4 is 10.0 Å². The summed E-state index contributed by atoms with van der Waals surface area (Å²) in [6, 6.07) is 15.9. The van der Waals surface area contributed by atoms with Crippen LogP contribution in [0.4, 0.5) is 0 Å². The molecule has 0 heterocycles. The van der Waals surface area contributed by atoms with Gasteiger partial charge in [-0.1, -0.05) is 42.5 Å². The lowest BCUT2D eigenvalue weighted by atomic mass is 10.1. The van der Waals surface area contributed by atoms with Crippen LogP contribution < -0.4 is 4.74 Å². The van der Waals surface area contributed by atoms with E-state index in [2.05, 4.69) is 0 Å². The molecule has 6 heteroatoms. The van der Waals surface area contributed by atoms with Gasteiger partial charge in [0.15, 0.2) is 0 Å². The zero-order valence-electron chi connectivity index (χ0n) is 13.2. The molecule has 0 bridgehead atoms. The summed E-state index contributed by atoms with van der Waals surface area (Å²) in [5.41, 5.74) is 1.37. The summed E-state index contributed by atoms with van der Waals surface area (Å²) in [7, 11) is -0.439. The van der Waals surface area contributed by atoms with Crippen LogP contribution in [0.1, 0.15) is 17.2 Å². The molecule has 0 aliphatic rings. The zero-order chi connectivity index (χ0) is 16.9. The van der Waals surface area contributed by atoms with Gasteiger partial charge in [0, 0.05) is 13.6 Å². The molecule has 0 spiro atoms. The Morgan fingerprint density at radius 2 is 1.70 bits per heavy atom. The standard InChI is InChI=1S/C17H21NO4S/c1-18(23(20,21)13-14-6-4-3-5-7-14)12-17(19)15-8-10-16(22-2)11-9-15/h3-11,17,19H,12-13H2,1-2H3. The highest BCUT2D eigenvalue weighted by molar-refractivity contribution is 7.88. The molecule has 124 valence electrons. The number of nitrogens with zero attached hydrogens (tertiary/aromatic N) is 1. The van der Waals surface area contributed by atoms with Crippen molar-refractivity contribution in [3.05, 3.63) is 65.7 Å². The van der Waals surface area contributed by atoms with Gasteiger partial charge in [-0.2, -0.15) is 0 Å². The van der Waals surface area contributed by atoms with Crippen molar-refractivity contribution in [1.82, 2.24) is 4.31 Å². The van der Waals surface area contributed by atoms with Gasteiger partial charge >= 0.3 is 0 Å². The molecule has 0 aromatic heterocycles. The molecule has 2 aromatic carbocycles. The lowest BCUT2D eigenvalue weighted by molar-refractivity contribution is 0.155. The van der Waals surface area contributed by atoms with Gasteiger partial charge in [0.05, 0.1) is 19.0 Å². The summed E-state index contributed by atoms with van der Waals surface area (Å²) >= 11 is 0. The van der Waals surface area contributed by atoms with Gasteiger partial charge in [0.2, 0.25) is 10.0 Å². The minimum Gasteiger partial charge on any atom is -0.497 e. The van der Waals surface area contributed by atoms with E-state index in [9.17, 15) is 13.5 Å². The molecule has 2 rings (SSSR count). The van der Waals surface area contributed by atoms with Crippen LogP contribution in [-0.2, 0) is 15.8 Å². The second kappa shape index (κ2) is 7.59. The van der Waals surface area contributed by atoms with Gasteiger partial charge in [-0.25, -0.2) is 12.7 Å². The number of likely N-dealkylation sites (N-methyl/N-ethyl adjacent to an activating group) is 1. The average molecular weight is 335 g/mol. The predicted octanol–water partition coefficient (Wildman–Crippen LogP) is 2.19. The van der Waals surface area contributed by atoms with Crippen LogP contribution in [-0.4, -0.2) is 38.5 Å². The lowest BCUT2D eigenvalue weighted by Crippen LogP contribution is -2.32. The highest BCUT2D eigenvalue weighted by atomic mass is 32.2. The van der Waals surface area contributed by atoms with Crippen LogP contribution in [0, 0.1) is 0 Å². The smallest absolute Gasteiger partial charge is 0.218 e. The van der Waals surface area contributed by atoms with Gasteiger partial charge in [-0.05, 0) is 23.3 Å². The monoisotopic (exact) mass is 335 g/mol. The molecule has 1 N–H and O–H groups in total. The first-order valence-electron chi connectivity index (χ1n) is 7.22. The van der Waals surface area contributed by atoms with Crippen molar-refractivity contribution in [3.8, 4) is 5.75 Å². The summed E-state index contributed by atoms with van der Waals surface area (Å²) in [6.07, 6.45) is -0.892. The van der Waals surface area contributed by atoms with Crippen LogP contribution in [0.5, 0.6) is 5.75 Å². The predicted molar refractivity (Wildman–Crippen MR) is 89.6 cm³/mol. The minimum atomic E-state index is -3.48. The maximum Gasteiger partial charge on any atom is 0.218 e. The Bertz CT molecular complexity index is 714. The van der Waals surface area contributed by atoms with Crippen molar-refractivity contribution in [1.29, 1.82) is 0 Å². The van der Waals surface area contributed by atoms with Crippen LogP contribution in [0.15, 0.2) is 54.6 Å². The Balaban J connectivity index is 2.02. The maximum absolute atomic E-state index is 12.4. The first kappa shape index (κ1) is 17.5. The lowest BCUT2D eigenvalue weighted by Gasteiger charge is -2.21. The van der Waals surface area contributed by atoms with Gasteiger partial charge in [0.1, 0.15) is 5.75 Å². The number of methoxy groups -OCH3 is 1. The van der Waals surface area contributed by atoms with Gasteiger partial charge in [-0.15, -0.1) is 0 Å². The topological polar surface area (TPSA) is 66.8 Å². The Morgan fingerprint density at radius 3 is 2.26 bits per heavy atom. The Hall–Kier alpha value is -1.89. The highest BCUT2D eigenvalue weighted by Gasteiger charge is 2.22. The van der Waals surface area contributed by atoms with Crippen LogP contribution in [0.2, 0.25) is 0 Å². The number of rotatable bonds is 7. The number of aliphatic hydroxyl groups excluding tert-OH is 1. The van der Waals surface area contributed by atoms with E-state index < -0.39 is 16.1 Å². The van der Waals surface area contributed by atoms with Gasteiger partial charge < -0.3 is 9.84 Å². The zero-order valence-corrected chi connectivity index (χ0v) is 14.0. The molecule has 1 unspecified atom stereocenters. The summed E-state index contributed by atoms with van der Waals surface area (Å²) in [4.78, 5) is 0. The third kappa shape index (κ3) is 4.79. The molecule has 2 aromatic rings. The van der Waals surface area contributed by atoms with E-state index in [1.165, 1.54) is 11.4 Å². The van der Waals surface area contributed by atoms with Crippen molar-refractivity contribution in [3.63, 3.8) is 0 Å². The molecular weight excluding hydrogens is 314 g/mol. The van der Waals surface area contributed by atoms with E-state index in [0.717, 1.165) is 5.56 Å². The fourth-order valence-electron chi connectivity index (χ4n) is 2.18. The molecule has 0 amide bonds. The van der Waals surface area contributed by atoms with Crippen molar-refractivity contribution < 1.29 is 18.3 Å². The van der Waals surface area contributed by atoms with E-state index in [0.29, 0.717) is 11.3 Å². The third-order valence-electron chi connectivity index (χ3n) is 3.60. The number of aliphatic hydroxyl groups is 1. The molecule has 0 radical (unpaired) electrons. The van der Waals surface area contributed by atoms with Gasteiger partial charge in [-0.3, -0.25) is 0 Å². The molecule has 0 saturated heterocycles. The maximum atomic E-state index is 12.4. The minimum absolute atomic E-state index is 0.00148. The average Bonchev–Trinajstić information content (AvgIpc) is 2.55. The van der Waals surface area contributed by atoms with Crippen molar-refractivity contribution in [2.45, 2.75) is 11.9 Å². The summed E-state index contributed by atoms with van der Waals surface area (Å²) in [6.45, 7) is 0.00148. The van der Waals surface area contributed by atoms with Crippen LogP contribution in [0.3, 0.4) is 0 Å². The van der Waals surface area contributed by atoms with E-state index in [-0.39, 0.29) is 12.3 Å². The van der Waals surface area contributed by atoms with E-state index >= 15 is 0 Å². The number of benzene rings is 2. The van der Waals surface area contributed by atoms with Gasteiger partial charge in [0.25, 0.3) is 0 Å². The SMILES string of the molecule is COc1ccc(C(O)CN(C)S(=O)(=O)Cc2ccccc2)cc1. The normalized spacial score (nSPS) is 13.0. The Labute approximate surface area is 137 Å². The summed E-state index contributed by atoms with van der Waals surface area (Å²) < 4.78 is 31.0. The van der Waals surface area contributed by atoms with Crippen LogP contribution >= 0.6 is 0 Å². The molecule has 0 fully saturated rings. The second-order valence-electron chi connectivity index (χ2n) is 5.31. The number of sulfonamides is 1. The fraction of sp³-hybridized carbons (Fsp3) is 0.294. The molecule has 0 aliphatic heterocycles. The highest BCUT2D eigenvalue weighted by Crippen LogP contribution is 2.20. The number of hydrogen-bond donors (Lipinski definition) is 1. The van der Waals surface area contributed by atoms with Crippen LogP contribution in [0.25, 0.3) is 0 Å². The summed E-state index contributed by atoms with van der Waals surface area (Å²) in [5.74, 6) is 0.602. The second-order valence-corrected chi connectivity index (χ2v) is 7.39. The molecule has 5 nitrogen and oxygen atoms in total. The number of ether oxygens (including phenoxy) is 1. The Kier molecular flexibility index (Phi) is 5.76. The molecule has 23 heavy (non-hydrogen) atoms.